The van der Waals surface area contributed by atoms with E-state index in [0.717, 1.165) is 11.1 Å². The molecule has 0 saturated carbocycles. The fraction of sp³-hybridized carbons (Fsp3) is 0.0952. The molecule has 0 heterocycles. The zero-order chi connectivity index (χ0) is 20.1. The second-order valence-corrected chi connectivity index (χ2v) is 8.07. The van der Waals surface area contributed by atoms with Crippen LogP contribution in [0, 0.1) is 12.7 Å². The molecule has 0 aliphatic rings. The summed E-state index contributed by atoms with van der Waals surface area (Å²) in [7, 11) is -3.80. The molecule has 0 unspecified atom stereocenters. The summed E-state index contributed by atoms with van der Waals surface area (Å²) in [6.45, 7) is 2.07. The molecule has 28 heavy (non-hydrogen) atoms. The van der Waals surface area contributed by atoms with E-state index in [4.69, 9.17) is 0 Å². The summed E-state index contributed by atoms with van der Waals surface area (Å²) in [6, 6.07) is 18.7. The van der Waals surface area contributed by atoms with Crippen molar-refractivity contribution in [3.05, 3.63) is 95.3 Å². The van der Waals surface area contributed by atoms with Gasteiger partial charge in [0.2, 0.25) is 10.0 Å². The standard InChI is InChI=1S/C21H19FN2O3S/c1-15-5-2-6-16(11-15)14-23-28(26,27)20-10-3-7-17(12-20)21(25)24-19-9-4-8-18(22)13-19/h2-13,23H,14H2,1H3,(H,24,25). The van der Waals surface area contributed by atoms with Crippen LogP contribution >= 0.6 is 0 Å². The molecule has 2 N–H and O–H groups in total. The Kier molecular flexibility index (Phi) is 5.87. The zero-order valence-electron chi connectivity index (χ0n) is 15.1. The summed E-state index contributed by atoms with van der Waals surface area (Å²) >= 11 is 0. The molecule has 0 aromatic heterocycles. The van der Waals surface area contributed by atoms with Crippen LogP contribution in [0.25, 0.3) is 0 Å². The summed E-state index contributed by atoms with van der Waals surface area (Å²) in [4.78, 5) is 12.4. The number of anilines is 1. The number of hydrogen-bond donors (Lipinski definition) is 2. The van der Waals surface area contributed by atoms with Gasteiger partial charge < -0.3 is 5.32 Å². The largest absolute Gasteiger partial charge is 0.322 e. The third-order valence-electron chi connectivity index (χ3n) is 4.04. The summed E-state index contributed by atoms with van der Waals surface area (Å²) in [5, 5.41) is 2.55. The number of carbonyl (C=O) groups excluding carboxylic acids is 1. The maximum Gasteiger partial charge on any atom is 0.255 e. The zero-order valence-corrected chi connectivity index (χ0v) is 16.0. The van der Waals surface area contributed by atoms with Crippen molar-refractivity contribution in [1.82, 2.24) is 4.72 Å². The Morgan fingerprint density at radius 3 is 2.46 bits per heavy atom. The van der Waals surface area contributed by atoms with Crippen LogP contribution < -0.4 is 10.0 Å². The number of sulfonamides is 1. The average Bonchev–Trinajstić information content (AvgIpc) is 2.67. The molecule has 0 fully saturated rings. The van der Waals surface area contributed by atoms with Crippen molar-refractivity contribution in [2.45, 2.75) is 18.4 Å². The minimum Gasteiger partial charge on any atom is -0.322 e. The predicted molar refractivity (Wildman–Crippen MR) is 106 cm³/mol. The molecule has 3 aromatic carbocycles. The molecule has 5 nitrogen and oxygen atoms in total. The molecule has 144 valence electrons. The fourth-order valence-corrected chi connectivity index (χ4v) is 3.72. The van der Waals surface area contributed by atoms with Gasteiger partial charge in [0.1, 0.15) is 5.82 Å². The summed E-state index contributed by atoms with van der Waals surface area (Å²) in [6.07, 6.45) is 0. The van der Waals surface area contributed by atoms with Crippen molar-refractivity contribution in [3.8, 4) is 0 Å². The van der Waals surface area contributed by atoms with Gasteiger partial charge in [0.05, 0.1) is 4.90 Å². The van der Waals surface area contributed by atoms with Crippen molar-refractivity contribution in [2.75, 3.05) is 5.32 Å². The molecule has 3 aromatic rings. The first kappa shape index (κ1) is 19.7. The molecule has 0 atom stereocenters. The Balaban J connectivity index is 1.74. The van der Waals surface area contributed by atoms with Crippen LogP contribution in [0.2, 0.25) is 0 Å². The van der Waals surface area contributed by atoms with Crippen LogP contribution in [-0.4, -0.2) is 14.3 Å². The van der Waals surface area contributed by atoms with Gasteiger partial charge in [-0.05, 0) is 48.9 Å². The topological polar surface area (TPSA) is 75.3 Å². The van der Waals surface area contributed by atoms with Crippen LogP contribution in [-0.2, 0) is 16.6 Å². The summed E-state index contributed by atoms with van der Waals surface area (Å²) in [5.74, 6) is -1.00. The van der Waals surface area contributed by atoms with Gasteiger partial charge in [0.25, 0.3) is 5.91 Å². The molecule has 0 radical (unpaired) electrons. The smallest absolute Gasteiger partial charge is 0.255 e. The number of carbonyl (C=O) groups is 1. The van der Waals surface area contributed by atoms with E-state index in [9.17, 15) is 17.6 Å². The minimum absolute atomic E-state index is 0.0213. The molecule has 0 spiro atoms. The molecular formula is C21H19FN2O3S. The Bertz CT molecular complexity index is 1110. The molecule has 0 aliphatic heterocycles. The van der Waals surface area contributed by atoms with E-state index >= 15 is 0 Å². The number of benzene rings is 3. The highest BCUT2D eigenvalue weighted by atomic mass is 32.2. The van der Waals surface area contributed by atoms with Crippen molar-refractivity contribution >= 4 is 21.6 Å². The van der Waals surface area contributed by atoms with Crippen molar-refractivity contribution in [1.29, 1.82) is 0 Å². The molecule has 3 rings (SSSR count). The first-order valence-electron chi connectivity index (χ1n) is 8.56. The molecule has 0 aliphatic carbocycles. The normalized spacial score (nSPS) is 11.2. The Morgan fingerprint density at radius 2 is 1.71 bits per heavy atom. The number of halogens is 1. The summed E-state index contributed by atoms with van der Waals surface area (Å²) in [5.41, 5.74) is 2.31. The lowest BCUT2D eigenvalue weighted by molar-refractivity contribution is 0.102. The lowest BCUT2D eigenvalue weighted by atomic mass is 10.1. The van der Waals surface area contributed by atoms with Crippen molar-refractivity contribution in [3.63, 3.8) is 0 Å². The minimum atomic E-state index is -3.80. The number of amides is 1. The maximum atomic E-state index is 13.3. The first-order valence-corrected chi connectivity index (χ1v) is 10.0. The lowest BCUT2D eigenvalue weighted by Crippen LogP contribution is -2.23. The van der Waals surface area contributed by atoms with E-state index in [1.165, 1.54) is 42.5 Å². The highest BCUT2D eigenvalue weighted by molar-refractivity contribution is 7.89. The SMILES string of the molecule is Cc1cccc(CNS(=O)(=O)c2cccc(C(=O)Nc3cccc(F)c3)c2)c1. The highest BCUT2D eigenvalue weighted by Gasteiger charge is 2.16. The first-order chi connectivity index (χ1) is 13.3. The monoisotopic (exact) mass is 398 g/mol. The van der Waals surface area contributed by atoms with Gasteiger partial charge in [-0.1, -0.05) is 42.0 Å². The van der Waals surface area contributed by atoms with Gasteiger partial charge in [-0.25, -0.2) is 17.5 Å². The van der Waals surface area contributed by atoms with Crippen molar-refractivity contribution in [2.24, 2.45) is 0 Å². The molecule has 0 bridgehead atoms. The van der Waals surface area contributed by atoms with Gasteiger partial charge in [-0.15, -0.1) is 0 Å². The Labute approximate surface area is 163 Å². The van der Waals surface area contributed by atoms with Crippen LogP contribution in [0.5, 0.6) is 0 Å². The molecular weight excluding hydrogens is 379 g/mol. The lowest BCUT2D eigenvalue weighted by Gasteiger charge is -2.10. The molecule has 1 amide bonds. The predicted octanol–water partition coefficient (Wildman–Crippen LogP) is 3.86. The third-order valence-corrected chi connectivity index (χ3v) is 5.44. The van der Waals surface area contributed by atoms with E-state index < -0.39 is 21.7 Å². The number of rotatable bonds is 6. The Hall–Kier alpha value is -3.03. The van der Waals surface area contributed by atoms with Crippen molar-refractivity contribution < 1.29 is 17.6 Å². The van der Waals surface area contributed by atoms with E-state index in [1.807, 2.05) is 31.2 Å². The fourth-order valence-electron chi connectivity index (χ4n) is 2.66. The van der Waals surface area contributed by atoms with E-state index in [0.29, 0.717) is 0 Å². The number of aryl methyl sites for hydroxylation is 1. The van der Waals surface area contributed by atoms with Crippen LogP contribution in [0.15, 0.2) is 77.7 Å². The highest BCUT2D eigenvalue weighted by Crippen LogP contribution is 2.15. The maximum absolute atomic E-state index is 13.3. The molecule has 0 saturated heterocycles. The van der Waals surface area contributed by atoms with Gasteiger partial charge in [-0.2, -0.15) is 0 Å². The van der Waals surface area contributed by atoms with E-state index in [1.54, 1.807) is 6.07 Å². The van der Waals surface area contributed by atoms with Crippen LogP contribution in [0.4, 0.5) is 10.1 Å². The van der Waals surface area contributed by atoms with Crippen LogP contribution in [0.1, 0.15) is 21.5 Å². The van der Waals surface area contributed by atoms with Gasteiger partial charge >= 0.3 is 0 Å². The second kappa shape index (κ2) is 8.33. The summed E-state index contributed by atoms with van der Waals surface area (Å²) < 4.78 is 40.9. The van der Waals surface area contributed by atoms with Gasteiger partial charge in [0.15, 0.2) is 0 Å². The third kappa shape index (κ3) is 5.03. The number of nitrogens with one attached hydrogen (secondary N) is 2. The van der Waals surface area contributed by atoms with E-state index in [-0.39, 0.29) is 22.7 Å². The Morgan fingerprint density at radius 1 is 0.964 bits per heavy atom. The van der Waals surface area contributed by atoms with Gasteiger partial charge in [-0.3, -0.25) is 4.79 Å². The van der Waals surface area contributed by atoms with Gasteiger partial charge in [0, 0.05) is 17.8 Å². The second-order valence-electron chi connectivity index (χ2n) is 6.31. The number of hydrogen-bond acceptors (Lipinski definition) is 3. The quantitative estimate of drug-likeness (QED) is 0.662. The average molecular weight is 398 g/mol. The molecule has 7 heteroatoms. The van der Waals surface area contributed by atoms with Crippen LogP contribution in [0.3, 0.4) is 0 Å². The van der Waals surface area contributed by atoms with E-state index in [2.05, 4.69) is 10.0 Å².